The molecule has 0 aliphatic heterocycles. The molecule has 0 saturated carbocycles. The molecule has 4 N–H and O–H groups in total. The molecule has 2 amide bonds. The second kappa shape index (κ2) is 5.20. The molecule has 0 atom stereocenters. The number of hydrogen-bond donors (Lipinski definition) is 2. The van der Waals surface area contributed by atoms with E-state index in [1.165, 1.54) is 17.0 Å². The Labute approximate surface area is 99.1 Å². The van der Waals surface area contributed by atoms with Gasteiger partial charge in [0.1, 0.15) is 5.75 Å². The van der Waals surface area contributed by atoms with Crippen LogP contribution in [0.1, 0.15) is 10.4 Å². The quantitative estimate of drug-likeness (QED) is 0.710. The second-order valence-electron chi connectivity index (χ2n) is 3.70. The SMILES string of the molecule is CN(C)C(=O)COc1cc(N)ccc1C(N)=O. The minimum absolute atomic E-state index is 0.170. The van der Waals surface area contributed by atoms with Crippen molar-refractivity contribution in [1.29, 1.82) is 0 Å². The third-order valence-corrected chi connectivity index (χ3v) is 2.12. The predicted molar refractivity (Wildman–Crippen MR) is 63.6 cm³/mol. The molecule has 17 heavy (non-hydrogen) atoms. The van der Waals surface area contributed by atoms with Crippen LogP contribution in [0.15, 0.2) is 18.2 Å². The molecule has 1 rings (SSSR count). The number of carbonyl (C=O) groups is 2. The molecule has 0 aliphatic carbocycles. The van der Waals surface area contributed by atoms with Crippen molar-refractivity contribution in [2.45, 2.75) is 0 Å². The number of nitrogen functional groups attached to an aromatic ring is 1. The number of carbonyl (C=O) groups excluding carboxylic acids is 2. The van der Waals surface area contributed by atoms with E-state index in [1.54, 1.807) is 20.2 Å². The summed E-state index contributed by atoms with van der Waals surface area (Å²) in [7, 11) is 3.22. The lowest BCUT2D eigenvalue weighted by atomic mass is 10.1. The first-order valence-corrected chi connectivity index (χ1v) is 4.94. The average Bonchev–Trinajstić information content (AvgIpc) is 2.25. The van der Waals surface area contributed by atoms with Crippen molar-refractivity contribution in [3.05, 3.63) is 23.8 Å². The molecule has 0 unspecified atom stereocenters. The van der Waals surface area contributed by atoms with Crippen molar-refractivity contribution >= 4 is 17.5 Å². The Morgan fingerprint density at radius 1 is 1.35 bits per heavy atom. The highest BCUT2D eigenvalue weighted by molar-refractivity contribution is 5.96. The number of ether oxygens (including phenoxy) is 1. The lowest BCUT2D eigenvalue weighted by Crippen LogP contribution is -2.28. The summed E-state index contributed by atoms with van der Waals surface area (Å²) >= 11 is 0. The largest absolute Gasteiger partial charge is 0.483 e. The molecule has 92 valence electrons. The van der Waals surface area contributed by atoms with Crippen LogP contribution in [0, 0.1) is 0 Å². The van der Waals surface area contributed by atoms with Crippen LogP contribution in [0.3, 0.4) is 0 Å². The first-order valence-electron chi connectivity index (χ1n) is 4.94. The predicted octanol–water partition coefficient (Wildman–Crippen LogP) is -0.165. The van der Waals surface area contributed by atoms with Crippen molar-refractivity contribution < 1.29 is 14.3 Å². The Hall–Kier alpha value is -2.24. The zero-order valence-corrected chi connectivity index (χ0v) is 9.77. The third kappa shape index (κ3) is 3.37. The normalized spacial score (nSPS) is 9.76. The summed E-state index contributed by atoms with van der Waals surface area (Å²) in [5.41, 5.74) is 11.4. The molecule has 0 aromatic heterocycles. The summed E-state index contributed by atoms with van der Waals surface area (Å²) in [5.74, 6) is -0.632. The van der Waals surface area contributed by atoms with E-state index < -0.39 is 5.91 Å². The van der Waals surface area contributed by atoms with Crippen LogP contribution < -0.4 is 16.2 Å². The van der Waals surface area contributed by atoms with Crippen LogP contribution in [0.2, 0.25) is 0 Å². The van der Waals surface area contributed by atoms with Crippen molar-refractivity contribution in [3.63, 3.8) is 0 Å². The van der Waals surface area contributed by atoms with Gasteiger partial charge in [0.05, 0.1) is 5.56 Å². The van der Waals surface area contributed by atoms with E-state index in [9.17, 15) is 9.59 Å². The third-order valence-electron chi connectivity index (χ3n) is 2.12. The fourth-order valence-electron chi connectivity index (χ4n) is 1.13. The number of benzene rings is 1. The summed E-state index contributed by atoms with van der Waals surface area (Å²) < 4.78 is 5.23. The van der Waals surface area contributed by atoms with E-state index in [0.29, 0.717) is 5.69 Å². The smallest absolute Gasteiger partial charge is 0.259 e. The molecular formula is C11H15N3O3. The minimum atomic E-state index is -0.627. The van der Waals surface area contributed by atoms with Crippen LogP contribution in [0.25, 0.3) is 0 Å². The Kier molecular flexibility index (Phi) is 3.92. The number of amides is 2. The van der Waals surface area contributed by atoms with Gasteiger partial charge in [0.15, 0.2) is 6.61 Å². The molecule has 0 aliphatic rings. The van der Waals surface area contributed by atoms with Crippen LogP contribution in [-0.4, -0.2) is 37.4 Å². The highest BCUT2D eigenvalue weighted by atomic mass is 16.5. The lowest BCUT2D eigenvalue weighted by Gasteiger charge is -2.13. The molecule has 0 heterocycles. The maximum absolute atomic E-state index is 11.3. The molecule has 6 nitrogen and oxygen atoms in total. The Morgan fingerprint density at radius 2 is 2.00 bits per heavy atom. The Bertz CT molecular complexity index is 444. The van der Waals surface area contributed by atoms with Crippen molar-refractivity contribution in [2.75, 3.05) is 26.4 Å². The average molecular weight is 237 g/mol. The molecule has 0 spiro atoms. The number of hydrogen-bond acceptors (Lipinski definition) is 4. The zero-order chi connectivity index (χ0) is 13.0. The van der Waals surface area contributed by atoms with Crippen LogP contribution >= 0.6 is 0 Å². The van der Waals surface area contributed by atoms with Crippen LogP contribution in [0.4, 0.5) is 5.69 Å². The van der Waals surface area contributed by atoms with Gasteiger partial charge in [-0.2, -0.15) is 0 Å². The summed E-state index contributed by atoms with van der Waals surface area (Å²) in [6, 6.07) is 4.47. The van der Waals surface area contributed by atoms with Crippen LogP contribution in [0.5, 0.6) is 5.75 Å². The molecule has 0 bridgehead atoms. The lowest BCUT2D eigenvalue weighted by molar-refractivity contribution is -0.130. The first kappa shape index (κ1) is 12.8. The summed E-state index contributed by atoms with van der Waals surface area (Å²) in [5, 5.41) is 0. The van der Waals surface area contributed by atoms with Gasteiger partial charge in [-0.15, -0.1) is 0 Å². The monoisotopic (exact) mass is 237 g/mol. The van der Waals surface area contributed by atoms with Gasteiger partial charge in [0, 0.05) is 25.8 Å². The summed E-state index contributed by atoms with van der Waals surface area (Å²) in [6.45, 7) is -0.170. The molecule has 0 saturated heterocycles. The zero-order valence-electron chi connectivity index (χ0n) is 9.77. The van der Waals surface area contributed by atoms with Gasteiger partial charge in [-0.3, -0.25) is 9.59 Å². The van der Waals surface area contributed by atoms with Gasteiger partial charge in [0.25, 0.3) is 11.8 Å². The van der Waals surface area contributed by atoms with Crippen molar-refractivity contribution in [1.82, 2.24) is 4.90 Å². The summed E-state index contributed by atoms with van der Waals surface area (Å²) in [6.07, 6.45) is 0. The highest BCUT2D eigenvalue weighted by Gasteiger charge is 2.12. The van der Waals surface area contributed by atoms with Crippen molar-refractivity contribution in [2.24, 2.45) is 5.73 Å². The molecule has 1 aromatic rings. The van der Waals surface area contributed by atoms with Gasteiger partial charge in [-0.05, 0) is 12.1 Å². The maximum atomic E-state index is 11.3. The number of rotatable bonds is 4. The van der Waals surface area contributed by atoms with Gasteiger partial charge >= 0.3 is 0 Å². The van der Waals surface area contributed by atoms with Gasteiger partial charge in [0.2, 0.25) is 0 Å². The fraction of sp³-hybridized carbons (Fsp3) is 0.273. The summed E-state index contributed by atoms with van der Waals surface area (Å²) in [4.78, 5) is 23.8. The van der Waals surface area contributed by atoms with Crippen molar-refractivity contribution in [3.8, 4) is 5.75 Å². The number of nitrogens with two attached hydrogens (primary N) is 2. The van der Waals surface area contributed by atoms with Gasteiger partial charge in [-0.25, -0.2) is 0 Å². The molecular weight excluding hydrogens is 222 g/mol. The van der Waals surface area contributed by atoms with E-state index in [4.69, 9.17) is 16.2 Å². The van der Waals surface area contributed by atoms with Gasteiger partial charge < -0.3 is 21.1 Å². The number of primary amides is 1. The van der Waals surface area contributed by atoms with E-state index in [0.717, 1.165) is 0 Å². The molecule has 0 radical (unpaired) electrons. The number of likely N-dealkylation sites (N-methyl/N-ethyl adjacent to an activating group) is 1. The molecule has 0 fully saturated rings. The van der Waals surface area contributed by atoms with E-state index >= 15 is 0 Å². The van der Waals surface area contributed by atoms with E-state index in [-0.39, 0.29) is 23.8 Å². The Balaban J connectivity index is 2.86. The fourth-order valence-corrected chi connectivity index (χ4v) is 1.13. The van der Waals surface area contributed by atoms with E-state index in [1.807, 2.05) is 0 Å². The first-order chi connectivity index (χ1) is 7.91. The standard InChI is InChI=1S/C11H15N3O3/c1-14(2)10(15)6-17-9-5-7(12)3-4-8(9)11(13)16/h3-5H,6,12H2,1-2H3,(H2,13,16). The minimum Gasteiger partial charge on any atom is -0.483 e. The van der Waals surface area contributed by atoms with Gasteiger partial charge in [-0.1, -0.05) is 0 Å². The number of nitrogens with zero attached hydrogens (tertiary/aromatic N) is 1. The molecule has 6 heteroatoms. The highest BCUT2D eigenvalue weighted by Crippen LogP contribution is 2.21. The molecule has 1 aromatic carbocycles. The maximum Gasteiger partial charge on any atom is 0.259 e. The topological polar surface area (TPSA) is 98.7 Å². The van der Waals surface area contributed by atoms with E-state index in [2.05, 4.69) is 0 Å². The second-order valence-corrected chi connectivity index (χ2v) is 3.70. The number of anilines is 1. The Morgan fingerprint density at radius 3 is 2.53 bits per heavy atom. The van der Waals surface area contributed by atoms with Crippen LogP contribution in [-0.2, 0) is 4.79 Å².